The van der Waals surface area contributed by atoms with Crippen LogP contribution in [0, 0.1) is 0 Å². The van der Waals surface area contributed by atoms with Crippen LogP contribution in [0.4, 0.5) is 10.5 Å². The number of hydrogen-bond donors (Lipinski definition) is 4. The molecule has 0 saturated carbocycles. The second kappa shape index (κ2) is 14.2. The van der Waals surface area contributed by atoms with Gasteiger partial charge in [-0.1, -0.05) is 78.9 Å². The first-order chi connectivity index (χ1) is 22.1. The molecule has 3 atom stereocenters. The van der Waals surface area contributed by atoms with Crippen LogP contribution in [0.25, 0.3) is 10.9 Å². The largest absolute Gasteiger partial charge is 0.453 e. The molecule has 1 fully saturated rings. The zero-order valence-corrected chi connectivity index (χ0v) is 25.1. The van der Waals surface area contributed by atoms with E-state index >= 15 is 0 Å². The summed E-state index contributed by atoms with van der Waals surface area (Å²) in [6.07, 6.45) is 4.49. The number of hydrogen-bond acceptors (Lipinski definition) is 6. The highest BCUT2D eigenvalue weighted by molar-refractivity contribution is 5.98. The smallest absolute Gasteiger partial charge is 0.407 e. The minimum absolute atomic E-state index is 0.0327. The van der Waals surface area contributed by atoms with Gasteiger partial charge in [0, 0.05) is 47.1 Å². The normalized spacial score (nSPS) is 17.1. The number of para-hydroxylation sites is 1. The summed E-state index contributed by atoms with van der Waals surface area (Å²) in [4.78, 5) is 34.2. The number of alkyl carbamates (subject to hydrolysis) is 1. The predicted octanol–water partition coefficient (Wildman–Crippen LogP) is 5.72. The molecule has 230 valence electrons. The Hall–Kier alpha value is -4.99. The maximum Gasteiger partial charge on any atom is 0.407 e. The van der Waals surface area contributed by atoms with Crippen molar-refractivity contribution in [2.24, 2.45) is 0 Å². The number of pyridine rings is 1. The van der Waals surface area contributed by atoms with E-state index in [2.05, 4.69) is 32.0 Å². The first kappa shape index (κ1) is 30.1. The summed E-state index contributed by atoms with van der Waals surface area (Å²) in [6.45, 7) is 1.28. The number of fused-ring (bicyclic) bond motifs is 1. The number of anilines is 1. The molecule has 3 aromatic carbocycles. The number of aromatic amines is 1. The fourth-order valence-electron chi connectivity index (χ4n) is 5.96. The summed E-state index contributed by atoms with van der Waals surface area (Å²) in [6, 6.07) is 30.4. The summed E-state index contributed by atoms with van der Waals surface area (Å²) in [7, 11) is 1.29. The molecule has 2 aromatic heterocycles. The van der Waals surface area contributed by atoms with E-state index in [4.69, 9.17) is 9.47 Å². The first-order valence-corrected chi connectivity index (χ1v) is 15.2. The number of nitrogens with one attached hydrogen (secondary N) is 4. The van der Waals surface area contributed by atoms with Gasteiger partial charge in [-0.3, -0.25) is 9.78 Å². The lowest BCUT2D eigenvalue weighted by molar-refractivity contribution is -0.118. The van der Waals surface area contributed by atoms with Crippen LogP contribution in [-0.4, -0.2) is 54.4 Å². The molecule has 4 N–H and O–H groups in total. The number of morpholine rings is 1. The van der Waals surface area contributed by atoms with Gasteiger partial charge >= 0.3 is 6.09 Å². The van der Waals surface area contributed by atoms with Crippen molar-refractivity contribution in [1.82, 2.24) is 20.6 Å². The third kappa shape index (κ3) is 7.22. The van der Waals surface area contributed by atoms with Crippen molar-refractivity contribution in [3.63, 3.8) is 0 Å². The SMILES string of the molecule is COC(=O)NC(C(=O)Nc1ccccc1CC[C@@H]1CN[C@H](c2cc3cnccc3[nH]2)CO1)C(c1ccccc1)c1ccccc1. The third-order valence-corrected chi connectivity index (χ3v) is 8.31. The minimum atomic E-state index is -0.932. The van der Waals surface area contributed by atoms with Gasteiger partial charge in [-0.2, -0.15) is 0 Å². The molecule has 2 amide bonds. The van der Waals surface area contributed by atoms with Crippen LogP contribution >= 0.6 is 0 Å². The number of nitrogens with zero attached hydrogens (tertiary/aromatic N) is 1. The third-order valence-electron chi connectivity index (χ3n) is 8.31. The Morgan fingerprint density at radius 1 is 0.978 bits per heavy atom. The molecule has 1 aliphatic rings. The topological polar surface area (TPSA) is 117 Å². The number of carbonyl (C=O) groups is 2. The van der Waals surface area contributed by atoms with Gasteiger partial charge in [-0.25, -0.2) is 4.79 Å². The van der Waals surface area contributed by atoms with E-state index in [-0.39, 0.29) is 18.1 Å². The number of aryl methyl sites for hydroxylation is 1. The lowest BCUT2D eigenvalue weighted by Crippen LogP contribution is -2.48. The molecule has 1 saturated heterocycles. The number of H-pyrrole nitrogens is 1. The number of methoxy groups -OCH3 is 1. The maximum atomic E-state index is 14.0. The summed E-state index contributed by atoms with van der Waals surface area (Å²) in [5.74, 6) is -0.778. The Morgan fingerprint density at radius 3 is 2.36 bits per heavy atom. The Bertz CT molecular complexity index is 1650. The summed E-state index contributed by atoms with van der Waals surface area (Å²) < 4.78 is 11.2. The molecule has 9 nitrogen and oxygen atoms in total. The van der Waals surface area contributed by atoms with Crippen LogP contribution in [-0.2, 0) is 20.7 Å². The van der Waals surface area contributed by atoms with Gasteiger partial charge in [0.2, 0.25) is 5.91 Å². The van der Waals surface area contributed by atoms with Crippen molar-refractivity contribution in [2.45, 2.75) is 36.9 Å². The molecule has 1 aliphatic heterocycles. The molecule has 5 aromatic rings. The lowest BCUT2D eigenvalue weighted by atomic mass is 9.84. The van der Waals surface area contributed by atoms with E-state index in [0.29, 0.717) is 25.3 Å². The Morgan fingerprint density at radius 2 is 1.69 bits per heavy atom. The van der Waals surface area contributed by atoms with Gasteiger partial charge in [-0.15, -0.1) is 0 Å². The number of amides is 2. The highest BCUT2D eigenvalue weighted by atomic mass is 16.5. The molecule has 0 spiro atoms. The highest BCUT2D eigenvalue weighted by Crippen LogP contribution is 2.30. The van der Waals surface area contributed by atoms with Crippen molar-refractivity contribution >= 4 is 28.6 Å². The molecule has 6 rings (SSSR count). The summed E-state index contributed by atoms with van der Waals surface area (Å²) >= 11 is 0. The molecule has 0 bridgehead atoms. The Balaban J connectivity index is 1.14. The van der Waals surface area contributed by atoms with E-state index in [1.54, 1.807) is 6.20 Å². The van der Waals surface area contributed by atoms with E-state index < -0.39 is 18.1 Å². The first-order valence-electron chi connectivity index (χ1n) is 15.2. The predicted molar refractivity (Wildman–Crippen MR) is 174 cm³/mol. The van der Waals surface area contributed by atoms with Crippen molar-refractivity contribution in [3.05, 3.63) is 132 Å². The van der Waals surface area contributed by atoms with Crippen LogP contribution in [0.15, 0.2) is 109 Å². The standard InChI is InChI=1S/C36H37N5O4/c1-44-36(43)41-34(33(25-11-4-2-5-12-25)26-13-6-3-7-14-26)35(42)40-29-15-9-8-10-24(29)16-17-28-22-38-32(23-45-28)31-20-27-21-37-19-18-30(27)39-31/h2-15,18-21,28,32-34,38-39H,16-17,22-23H2,1H3,(H,40,42)(H,41,43)/t28-,32+,34?/m1/s1. The van der Waals surface area contributed by atoms with Crippen LogP contribution < -0.4 is 16.0 Å². The van der Waals surface area contributed by atoms with Gasteiger partial charge in [-0.05, 0) is 47.7 Å². The van der Waals surface area contributed by atoms with E-state index in [1.807, 2.05) is 97.2 Å². The fraction of sp³-hybridized carbons (Fsp3) is 0.250. The minimum Gasteiger partial charge on any atom is -0.453 e. The van der Waals surface area contributed by atoms with Gasteiger partial charge in [0.05, 0.1) is 25.9 Å². The number of aromatic nitrogens is 2. The maximum absolute atomic E-state index is 14.0. The van der Waals surface area contributed by atoms with Crippen LogP contribution in [0.2, 0.25) is 0 Å². The van der Waals surface area contributed by atoms with Crippen molar-refractivity contribution in [1.29, 1.82) is 0 Å². The second-order valence-corrected chi connectivity index (χ2v) is 11.2. The van der Waals surface area contributed by atoms with E-state index in [9.17, 15) is 9.59 Å². The summed E-state index contributed by atoms with van der Waals surface area (Å²) in [5, 5.41) is 10.6. The zero-order valence-electron chi connectivity index (χ0n) is 25.1. The molecule has 0 radical (unpaired) electrons. The van der Waals surface area contributed by atoms with Gasteiger partial charge in [0.25, 0.3) is 0 Å². The molecule has 3 heterocycles. The molecule has 1 unspecified atom stereocenters. The number of ether oxygens (including phenoxy) is 2. The number of carbonyl (C=O) groups excluding carboxylic acids is 2. The van der Waals surface area contributed by atoms with Crippen molar-refractivity contribution < 1.29 is 19.1 Å². The number of benzene rings is 3. The van der Waals surface area contributed by atoms with Crippen molar-refractivity contribution in [3.8, 4) is 0 Å². The summed E-state index contributed by atoms with van der Waals surface area (Å²) in [5.41, 5.74) is 5.64. The highest BCUT2D eigenvalue weighted by Gasteiger charge is 2.33. The Kier molecular flexibility index (Phi) is 9.48. The van der Waals surface area contributed by atoms with Gasteiger partial charge in [0.15, 0.2) is 0 Å². The monoisotopic (exact) mass is 603 g/mol. The van der Waals surface area contributed by atoms with E-state index in [1.165, 1.54) is 7.11 Å². The molecular formula is C36H37N5O4. The quantitative estimate of drug-likeness (QED) is 0.162. The Labute approximate surface area is 262 Å². The number of rotatable bonds is 10. The van der Waals surface area contributed by atoms with Crippen LogP contribution in [0.1, 0.15) is 40.8 Å². The van der Waals surface area contributed by atoms with Gasteiger partial charge in [0.1, 0.15) is 6.04 Å². The van der Waals surface area contributed by atoms with E-state index in [0.717, 1.165) is 39.7 Å². The molecule has 0 aliphatic carbocycles. The zero-order chi connectivity index (χ0) is 31.0. The average molecular weight is 604 g/mol. The molecule has 9 heteroatoms. The van der Waals surface area contributed by atoms with Crippen LogP contribution in [0.3, 0.4) is 0 Å². The second-order valence-electron chi connectivity index (χ2n) is 11.2. The fourth-order valence-corrected chi connectivity index (χ4v) is 5.96. The van der Waals surface area contributed by atoms with Gasteiger partial charge < -0.3 is 30.4 Å². The average Bonchev–Trinajstić information content (AvgIpc) is 3.53. The van der Waals surface area contributed by atoms with Crippen LogP contribution in [0.5, 0.6) is 0 Å². The molecule has 45 heavy (non-hydrogen) atoms. The molecular weight excluding hydrogens is 566 g/mol. The lowest BCUT2D eigenvalue weighted by Gasteiger charge is -2.30. The van der Waals surface area contributed by atoms with Crippen molar-refractivity contribution in [2.75, 3.05) is 25.6 Å².